The van der Waals surface area contributed by atoms with Crippen LogP contribution in [0.5, 0.6) is 0 Å². The van der Waals surface area contributed by atoms with Crippen LogP contribution in [-0.2, 0) is 0 Å². The molecule has 70 valence electrons. The molecule has 12 heavy (non-hydrogen) atoms. The number of allylic oxidation sites excluding steroid dienone is 3. The standard InChI is InChI=1S/C12H22/c1-4-7-9-11-12(6-3)10-8-5-2/h5,11H,2,4,6-10H2,1,3H3. The smallest absolute Gasteiger partial charge is 0.0286 e. The van der Waals surface area contributed by atoms with Crippen LogP contribution in [0.25, 0.3) is 0 Å². The molecular formula is C12H22. The summed E-state index contributed by atoms with van der Waals surface area (Å²) in [5, 5.41) is 0. The molecule has 0 unspecified atom stereocenters. The summed E-state index contributed by atoms with van der Waals surface area (Å²) in [6.45, 7) is 8.21. The van der Waals surface area contributed by atoms with Gasteiger partial charge in [-0.1, -0.05) is 44.4 Å². The van der Waals surface area contributed by atoms with Crippen LogP contribution in [0.4, 0.5) is 0 Å². The van der Waals surface area contributed by atoms with Gasteiger partial charge in [0.25, 0.3) is 0 Å². The van der Waals surface area contributed by atoms with Gasteiger partial charge in [0.1, 0.15) is 0 Å². The molecule has 0 radical (unpaired) electrons. The van der Waals surface area contributed by atoms with Gasteiger partial charge in [0.2, 0.25) is 0 Å². The van der Waals surface area contributed by atoms with Crippen molar-refractivity contribution in [2.75, 3.05) is 0 Å². The van der Waals surface area contributed by atoms with Crippen LogP contribution in [0.15, 0.2) is 24.3 Å². The molecule has 0 spiro atoms. The normalized spacial score (nSPS) is 11.7. The Morgan fingerprint density at radius 2 is 2.00 bits per heavy atom. The van der Waals surface area contributed by atoms with Gasteiger partial charge in [-0.15, -0.1) is 6.58 Å². The Morgan fingerprint density at radius 3 is 2.50 bits per heavy atom. The molecule has 0 heteroatoms. The zero-order valence-corrected chi connectivity index (χ0v) is 8.60. The summed E-state index contributed by atoms with van der Waals surface area (Å²) >= 11 is 0. The highest BCUT2D eigenvalue weighted by atomic mass is 14.0. The maximum atomic E-state index is 3.74. The minimum atomic E-state index is 1.13. The molecule has 0 nitrogen and oxygen atoms in total. The molecule has 0 saturated heterocycles. The summed E-state index contributed by atoms with van der Waals surface area (Å²) < 4.78 is 0. The molecular weight excluding hydrogens is 144 g/mol. The first-order valence-corrected chi connectivity index (χ1v) is 5.13. The van der Waals surface area contributed by atoms with Crippen LogP contribution >= 0.6 is 0 Å². The number of hydrogen-bond donors (Lipinski definition) is 0. The first kappa shape index (κ1) is 11.5. The average molecular weight is 166 g/mol. The van der Waals surface area contributed by atoms with Crippen LogP contribution < -0.4 is 0 Å². The summed E-state index contributed by atoms with van der Waals surface area (Å²) in [5.74, 6) is 0. The van der Waals surface area contributed by atoms with E-state index in [4.69, 9.17) is 0 Å². The van der Waals surface area contributed by atoms with E-state index in [1.807, 2.05) is 6.08 Å². The molecule has 0 fully saturated rings. The summed E-state index contributed by atoms with van der Waals surface area (Å²) in [7, 11) is 0. The predicted octanol–water partition coefficient (Wildman–Crippen LogP) is 4.48. The molecule has 0 N–H and O–H groups in total. The van der Waals surface area contributed by atoms with Gasteiger partial charge >= 0.3 is 0 Å². The van der Waals surface area contributed by atoms with Crippen LogP contribution in [0.1, 0.15) is 52.4 Å². The summed E-state index contributed by atoms with van der Waals surface area (Å²) in [6.07, 6.45) is 11.9. The van der Waals surface area contributed by atoms with Gasteiger partial charge in [0.15, 0.2) is 0 Å². The van der Waals surface area contributed by atoms with E-state index in [9.17, 15) is 0 Å². The van der Waals surface area contributed by atoms with Crippen molar-refractivity contribution in [1.29, 1.82) is 0 Å². The van der Waals surface area contributed by atoms with Gasteiger partial charge in [-0.25, -0.2) is 0 Å². The van der Waals surface area contributed by atoms with E-state index < -0.39 is 0 Å². The molecule has 0 amide bonds. The second-order valence-electron chi connectivity index (χ2n) is 3.19. The van der Waals surface area contributed by atoms with Crippen molar-refractivity contribution in [3.63, 3.8) is 0 Å². The van der Waals surface area contributed by atoms with Crippen LogP contribution in [0.2, 0.25) is 0 Å². The zero-order chi connectivity index (χ0) is 9.23. The zero-order valence-electron chi connectivity index (χ0n) is 8.60. The summed E-state index contributed by atoms with van der Waals surface area (Å²) in [4.78, 5) is 0. The fourth-order valence-electron chi connectivity index (χ4n) is 1.22. The number of rotatable bonds is 7. The number of hydrogen-bond acceptors (Lipinski definition) is 0. The molecule has 0 aliphatic heterocycles. The van der Waals surface area contributed by atoms with Gasteiger partial charge in [-0.2, -0.15) is 0 Å². The largest absolute Gasteiger partial charge is 0.103 e. The van der Waals surface area contributed by atoms with Gasteiger partial charge in [-0.05, 0) is 25.7 Å². The topological polar surface area (TPSA) is 0 Å². The molecule has 0 aliphatic carbocycles. The van der Waals surface area contributed by atoms with E-state index in [1.165, 1.54) is 32.1 Å². The van der Waals surface area contributed by atoms with Crippen LogP contribution in [0, 0.1) is 0 Å². The lowest BCUT2D eigenvalue weighted by molar-refractivity contribution is 0.796. The Kier molecular flexibility index (Phi) is 8.20. The maximum Gasteiger partial charge on any atom is -0.0286 e. The van der Waals surface area contributed by atoms with E-state index in [2.05, 4.69) is 26.5 Å². The van der Waals surface area contributed by atoms with E-state index in [1.54, 1.807) is 5.57 Å². The van der Waals surface area contributed by atoms with Crippen LogP contribution in [-0.4, -0.2) is 0 Å². The number of unbranched alkanes of at least 4 members (excludes halogenated alkanes) is 2. The summed E-state index contributed by atoms with van der Waals surface area (Å²) in [6, 6.07) is 0. The Morgan fingerprint density at radius 1 is 1.25 bits per heavy atom. The molecule has 0 rings (SSSR count). The molecule has 0 heterocycles. The fraction of sp³-hybridized carbons (Fsp3) is 0.667. The van der Waals surface area contributed by atoms with Crippen molar-refractivity contribution in [3.8, 4) is 0 Å². The monoisotopic (exact) mass is 166 g/mol. The van der Waals surface area contributed by atoms with Gasteiger partial charge in [0.05, 0.1) is 0 Å². The van der Waals surface area contributed by atoms with Crippen molar-refractivity contribution in [2.45, 2.75) is 52.4 Å². The highest BCUT2D eigenvalue weighted by Gasteiger charge is 1.91. The molecule has 0 saturated carbocycles. The lowest BCUT2D eigenvalue weighted by Gasteiger charge is -2.01. The lowest BCUT2D eigenvalue weighted by Crippen LogP contribution is -1.81. The van der Waals surface area contributed by atoms with Crippen molar-refractivity contribution in [2.24, 2.45) is 0 Å². The minimum Gasteiger partial charge on any atom is -0.103 e. The third kappa shape index (κ3) is 6.21. The SMILES string of the molecule is C=CCCC(=CCCCC)CC. The van der Waals surface area contributed by atoms with E-state index >= 15 is 0 Å². The Balaban J connectivity index is 3.62. The molecule has 0 aromatic heterocycles. The van der Waals surface area contributed by atoms with Crippen molar-refractivity contribution in [3.05, 3.63) is 24.3 Å². The minimum absolute atomic E-state index is 1.13. The fourth-order valence-corrected chi connectivity index (χ4v) is 1.22. The molecule has 0 aromatic rings. The first-order valence-electron chi connectivity index (χ1n) is 5.13. The van der Waals surface area contributed by atoms with Crippen LogP contribution in [0.3, 0.4) is 0 Å². The van der Waals surface area contributed by atoms with Crippen molar-refractivity contribution < 1.29 is 0 Å². The first-order chi connectivity index (χ1) is 5.85. The molecule has 0 aliphatic rings. The summed E-state index contributed by atoms with van der Waals surface area (Å²) in [5.41, 5.74) is 1.60. The quantitative estimate of drug-likeness (QED) is 0.386. The maximum absolute atomic E-state index is 3.74. The van der Waals surface area contributed by atoms with Gasteiger partial charge in [-0.3, -0.25) is 0 Å². The highest BCUT2D eigenvalue weighted by molar-refractivity contribution is 5.02. The van der Waals surface area contributed by atoms with Gasteiger partial charge in [0, 0.05) is 0 Å². The van der Waals surface area contributed by atoms with Crippen molar-refractivity contribution in [1.82, 2.24) is 0 Å². The highest BCUT2D eigenvalue weighted by Crippen LogP contribution is 2.11. The van der Waals surface area contributed by atoms with E-state index in [0.29, 0.717) is 0 Å². The Bertz CT molecular complexity index is 131. The second kappa shape index (κ2) is 8.58. The predicted molar refractivity (Wildman–Crippen MR) is 57.3 cm³/mol. The van der Waals surface area contributed by atoms with Gasteiger partial charge < -0.3 is 0 Å². The second-order valence-corrected chi connectivity index (χ2v) is 3.19. The third-order valence-corrected chi connectivity index (χ3v) is 2.11. The Hall–Kier alpha value is -0.520. The average Bonchev–Trinajstić information content (AvgIpc) is 2.11. The lowest BCUT2D eigenvalue weighted by atomic mass is 10.1. The molecule has 0 bridgehead atoms. The van der Waals surface area contributed by atoms with E-state index in [0.717, 1.165) is 6.42 Å². The Labute approximate surface area is 77.4 Å². The molecule has 0 aromatic carbocycles. The molecule has 0 atom stereocenters. The van der Waals surface area contributed by atoms with E-state index in [-0.39, 0.29) is 0 Å². The van der Waals surface area contributed by atoms with Crippen molar-refractivity contribution >= 4 is 0 Å². The third-order valence-electron chi connectivity index (χ3n) is 2.11.